The van der Waals surface area contributed by atoms with Crippen LogP contribution in [0.1, 0.15) is 35.7 Å². The highest BCUT2D eigenvalue weighted by molar-refractivity contribution is 9.10. The topological polar surface area (TPSA) is 90.7 Å². The molecule has 0 unspecified atom stereocenters. The van der Waals surface area contributed by atoms with Crippen LogP contribution in [0.3, 0.4) is 0 Å². The van der Waals surface area contributed by atoms with Gasteiger partial charge in [0.05, 0.1) is 30.2 Å². The van der Waals surface area contributed by atoms with Gasteiger partial charge < -0.3 is 14.8 Å². The van der Waals surface area contributed by atoms with E-state index in [0.717, 1.165) is 22.9 Å². The molecule has 0 saturated heterocycles. The van der Waals surface area contributed by atoms with E-state index < -0.39 is 16.4 Å². The van der Waals surface area contributed by atoms with E-state index in [4.69, 9.17) is 9.47 Å². The molecule has 0 bridgehead atoms. The van der Waals surface area contributed by atoms with Crippen molar-refractivity contribution in [3.63, 3.8) is 0 Å². The Morgan fingerprint density at radius 1 is 1.26 bits per heavy atom. The minimum atomic E-state index is -0.591. The zero-order chi connectivity index (χ0) is 19.6. The van der Waals surface area contributed by atoms with E-state index >= 15 is 0 Å². The number of benzene rings is 2. The second-order valence-corrected chi connectivity index (χ2v) is 7.17. The Labute approximate surface area is 164 Å². The van der Waals surface area contributed by atoms with Crippen molar-refractivity contribution in [3.05, 3.63) is 62.1 Å². The molecule has 1 aliphatic carbocycles. The number of amides is 1. The molecular weight excluding hydrogens is 416 g/mol. The van der Waals surface area contributed by atoms with E-state index in [1.54, 1.807) is 6.92 Å². The molecule has 1 saturated carbocycles. The van der Waals surface area contributed by atoms with Crippen molar-refractivity contribution in [1.82, 2.24) is 5.32 Å². The lowest BCUT2D eigenvalue weighted by Gasteiger charge is -2.19. The molecule has 0 aromatic heterocycles. The summed E-state index contributed by atoms with van der Waals surface area (Å²) >= 11 is 3.39. The first-order valence-electron chi connectivity index (χ1n) is 8.48. The summed E-state index contributed by atoms with van der Waals surface area (Å²) in [6.07, 6.45) is 1.56. The highest BCUT2D eigenvalue weighted by Gasteiger charge is 2.46. The first kappa shape index (κ1) is 19.2. The minimum absolute atomic E-state index is 0.0485. The Morgan fingerprint density at radius 3 is 2.44 bits per heavy atom. The third-order valence-corrected chi connectivity index (χ3v) is 5.05. The van der Waals surface area contributed by atoms with Crippen molar-refractivity contribution in [2.75, 3.05) is 13.7 Å². The summed E-state index contributed by atoms with van der Waals surface area (Å²) in [5.41, 5.74) is 0.115. The zero-order valence-electron chi connectivity index (χ0n) is 15.0. The van der Waals surface area contributed by atoms with Gasteiger partial charge in [0.1, 0.15) is 5.56 Å². The number of nitrogens with zero attached hydrogens (tertiary/aromatic N) is 1. The van der Waals surface area contributed by atoms with E-state index in [2.05, 4.69) is 21.2 Å². The maximum atomic E-state index is 12.9. The van der Waals surface area contributed by atoms with E-state index in [-0.39, 0.29) is 17.0 Å². The molecule has 0 spiro atoms. The molecule has 7 nitrogen and oxygen atoms in total. The minimum Gasteiger partial charge on any atom is -0.493 e. The van der Waals surface area contributed by atoms with Crippen LogP contribution in [0, 0.1) is 10.1 Å². The lowest BCUT2D eigenvalue weighted by atomic mass is 10.0. The Bertz CT molecular complexity index is 878. The van der Waals surface area contributed by atoms with Crippen LogP contribution < -0.4 is 14.8 Å². The van der Waals surface area contributed by atoms with E-state index in [0.29, 0.717) is 12.4 Å². The summed E-state index contributed by atoms with van der Waals surface area (Å²) < 4.78 is 11.6. The normalized spacial score (nSPS) is 14.3. The molecule has 2 aromatic carbocycles. The van der Waals surface area contributed by atoms with Crippen molar-refractivity contribution in [3.8, 4) is 11.5 Å². The van der Waals surface area contributed by atoms with Crippen LogP contribution in [0.5, 0.6) is 11.5 Å². The number of halogens is 1. The average molecular weight is 435 g/mol. The van der Waals surface area contributed by atoms with Crippen LogP contribution in [0.4, 0.5) is 5.69 Å². The number of carbonyl (C=O) groups excluding carboxylic acids is 1. The van der Waals surface area contributed by atoms with E-state index in [1.807, 2.05) is 24.3 Å². The van der Waals surface area contributed by atoms with Gasteiger partial charge in [0.25, 0.3) is 11.6 Å². The van der Waals surface area contributed by atoms with Gasteiger partial charge in [0.15, 0.2) is 11.5 Å². The summed E-state index contributed by atoms with van der Waals surface area (Å²) in [5.74, 6) is 0.00380. The summed E-state index contributed by atoms with van der Waals surface area (Å²) in [5, 5.41) is 14.4. The van der Waals surface area contributed by atoms with Gasteiger partial charge in [-0.1, -0.05) is 28.1 Å². The standard InChI is InChI=1S/C19H19BrN2O5/c1-3-27-17-10-14(15(22(24)25)11-16(17)26-2)18(23)21-19(8-9-19)12-4-6-13(20)7-5-12/h4-7,10-11H,3,8-9H2,1-2H3,(H,21,23). The number of hydrogen-bond acceptors (Lipinski definition) is 5. The van der Waals surface area contributed by atoms with Gasteiger partial charge in [-0.05, 0) is 37.5 Å². The Balaban J connectivity index is 1.95. The van der Waals surface area contributed by atoms with Crippen molar-refractivity contribution < 1.29 is 19.2 Å². The van der Waals surface area contributed by atoms with Gasteiger partial charge in [0, 0.05) is 10.5 Å². The number of carbonyl (C=O) groups is 1. The molecule has 0 radical (unpaired) electrons. The van der Waals surface area contributed by atoms with Gasteiger partial charge in [-0.3, -0.25) is 14.9 Å². The number of nitro benzene ring substituents is 1. The quantitative estimate of drug-likeness (QED) is 0.521. The number of nitrogens with one attached hydrogen (secondary N) is 1. The van der Waals surface area contributed by atoms with Crippen molar-refractivity contribution >= 4 is 27.5 Å². The second-order valence-electron chi connectivity index (χ2n) is 6.25. The number of rotatable bonds is 7. The Morgan fingerprint density at radius 2 is 1.93 bits per heavy atom. The SMILES string of the molecule is CCOc1cc(C(=O)NC2(c3ccc(Br)cc3)CC2)c([N+](=O)[O-])cc1OC. The largest absolute Gasteiger partial charge is 0.493 e. The van der Waals surface area contributed by atoms with Gasteiger partial charge >= 0.3 is 0 Å². The van der Waals surface area contributed by atoms with E-state index in [1.165, 1.54) is 19.2 Å². The Kier molecular flexibility index (Phi) is 5.36. The smallest absolute Gasteiger partial charge is 0.286 e. The fourth-order valence-electron chi connectivity index (χ4n) is 2.97. The average Bonchev–Trinajstić information content (AvgIpc) is 3.42. The Hall–Kier alpha value is -2.61. The highest BCUT2D eigenvalue weighted by atomic mass is 79.9. The maximum absolute atomic E-state index is 12.9. The van der Waals surface area contributed by atoms with Crippen LogP contribution in [0.2, 0.25) is 0 Å². The van der Waals surface area contributed by atoms with Crippen molar-refractivity contribution in [1.29, 1.82) is 0 Å². The summed E-state index contributed by atoms with van der Waals surface area (Å²) in [6.45, 7) is 2.13. The second kappa shape index (κ2) is 7.56. The molecule has 8 heteroatoms. The third-order valence-electron chi connectivity index (χ3n) is 4.52. The van der Waals surface area contributed by atoms with Crippen LogP contribution >= 0.6 is 15.9 Å². The lowest BCUT2D eigenvalue weighted by Crippen LogP contribution is -2.35. The summed E-state index contributed by atoms with van der Waals surface area (Å²) in [4.78, 5) is 23.8. The number of hydrogen-bond donors (Lipinski definition) is 1. The maximum Gasteiger partial charge on any atom is 0.286 e. The first-order valence-corrected chi connectivity index (χ1v) is 9.27. The van der Waals surface area contributed by atoms with Gasteiger partial charge in [0.2, 0.25) is 0 Å². The van der Waals surface area contributed by atoms with Crippen LogP contribution in [0.15, 0.2) is 40.9 Å². The molecule has 1 amide bonds. The van der Waals surface area contributed by atoms with Gasteiger partial charge in [-0.15, -0.1) is 0 Å². The van der Waals surface area contributed by atoms with Gasteiger partial charge in [-0.25, -0.2) is 0 Å². The number of ether oxygens (including phenoxy) is 2. The van der Waals surface area contributed by atoms with E-state index in [9.17, 15) is 14.9 Å². The highest BCUT2D eigenvalue weighted by Crippen LogP contribution is 2.46. The first-order chi connectivity index (χ1) is 12.9. The van der Waals surface area contributed by atoms with Gasteiger partial charge in [-0.2, -0.15) is 0 Å². The number of methoxy groups -OCH3 is 1. The summed E-state index contributed by atoms with van der Waals surface area (Å²) in [6, 6.07) is 10.3. The fraction of sp³-hybridized carbons (Fsp3) is 0.316. The molecule has 1 fully saturated rings. The third kappa shape index (κ3) is 3.90. The zero-order valence-corrected chi connectivity index (χ0v) is 16.5. The molecule has 2 aromatic rings. The molecule has 0 heterocycles. The molecule has 142 valence electrons. The molecule has 0 aliphatic heterocycles. The van der Waals surface area contributed by atoms with Crippen molar-refractivity contribution in [2.45, 2.75) is 25.3 Å². The van der Waals surface area contributed by atoms with Crippen molar-refractivity contribution in [2.24, 2.45) is 0 Å². The lowest BCUT2D eigenvalue weighted by molar-refractivity contribution is -0.385. The van der Waals surface area contributed by atoms with Crippen LogP contribution in [-0.2, 0) is 5.54 Å². The molecule has 3 rings (SSSR count). The van der Waals surface area contributed by atoms with Crippen LogP contribution in [-0.4, -0.2) is 24.5 Å². The van der Waals surface area contributed by atoms with Crippen LogP contribution in [0.25, 0.3) is 0 Å². The monoisotopic (exact) mass is 434 g/mol. The molecule has 1 aliphatic rings. The molecule has 0 atom stereocenters. The predicted molar refractivity (Wildman–Crippen MR) is 103 cm³/mol. The fourth-order valence-corrected chi connectivity index (χ4v) is 3.24. The molecule has 1 N–H and O–H groups in total. The molecule has 27 heavy (non-hydrogen) atoms. The summed E-state index contributed by atoms with van der Waals surface area (Å²) in [7, 11) is 1.40. The molecular formula is C19H19BrN2O5. The predicted octanol–water partition coefficient (Wildman–Crippen LogP) is 4.18. The number of nitro groups is 1.